The van der Waals surface area contributed by atoms with Crippen molar-refractivity contribution in [2.24, 2.45) is 0 Å². The van der Waals surface area contributed by atoms with E-state index in [1.807, 2.05) is 25.1 Å². The predicted molar refractivity (Wildman–Crippen MR) is 103 cm³/mol. The summed E-state index contributed by atoms with van der Waals surface area (Å²) < 4.78 is 6.36. The second kappa shape index (κ2) is 8.31. The minimum atomic E-state index is 0.415. The number of ether oxygens (including phenoxy) is 1. The van der Waals surface area contributed by atoms with E-state index in [1.165, 1.54) is 0 Å². The van der Waals surface area contributed by atoms with Gasteiger partial charge < -0.3 is 15.4 Å². The maximum absolute atomic E-state index is 7.28. The molecule has 0 radical (unpaired) electrons. The van der Waals surface area contributed by atoms with Gasteiger partial charge in [0, 0.05) is 18.3 Å². The van der Waals surface area contributed by atoms with Crippen LogP contribution in [0.2, 0.25) is 0 Å². The van der Waals surface area contributed by atoms with Crippen LogP contribution in [0.15, 0.2) is 41.1 Å². The Kier molecular flexibility index (Phi) is 5.66. The molecule has 3 aromatic rings. The molecule has 0 spiro atoms. The van der Waals surface area contributed by atoms with Crippen LogP contribution < -0.4 is 15.4 Å². The number of H-pyrrole nitrogens is 1. The fraction of sp³-hybridized carbons (Fsp3) is 0.176. The van der Waals surface area contributed by atoms with Gasteiger partial charge in [-0.1, -0.05) is 0 Å². The first-order valence-electron chi connectivity index (χ1n) is 7.80. The van der Waals surface area contributed by atoms with E-state index in [-0.39, 0.29) is 0 Å². The number of nitrogens with one attached hydrogen (secondary N) is 3. The Morgan fingerprint density at radius 2 is 2.15 bits per heavy atom. The standard InChI is InChI=1S/C17H16BrN7O/c1-11-9-16(25-24-11)22-15-6-4-13(19-2)17(23-15)20-7-8-26-12-3-5-14(18)21-10-12/h3-6,9-10H,7-8H2,1H3,(H3,20,22,23,24,25). The molecule has 0 amide bonds. The summed E-state index contributed by atoms with van der Waals surface area (Å²) in [6.45, 7) is 10.1. The van der Waals surface area contributed by atoms with Crippen LogP contribution >= 0.6 is 15.9 Å². The lowest BCUT2D eigenvalue weighted by Crippen LogP contribution is -2.12. The fourth-order valence-electron chi connectivity index (χ4n) is 2.14. The molecule has 3 heterocycles. The van der Waals surface area contributed by atoms with Crippen molar-refractivity contribution in [3.63, 3.8) is 0 Å². The molecule has 8 nitrogen and oxygen atoms in total. The Bertz CT molecular complexity index is 918. The Labute approximate surface area is 159 Å². The van der Waals surface area contributed by atoms with Gasteiger partial charge in [-0.05, 0) is 47.1 Å². The normalized spacial score (nSPS) is 10.2. The van der Waals surface area contributed by atoms with E-state index in [1.54, 1.807) is 18.3 Å². The third kappa shape index (κ3) is 4.70. The zero-order valence-electron chi connectivity index (χ0n) is 14.0. The molecule has 0 fully saturated rings. The minimum Gasteiger partial charge on any atom is -0.490 e. The summed E-state index contributed by atoms with van der Waals surface area (Å²) in [7, 11) is 0. The first-order chi connectivity index (χ1) is 12.6. The van der Waals surface area contributed by atoms with Crippen LogP contribution in [0.3, 0.4) is 0 Å². The number of aromatic nitrogens is 4. The lowest BCUT2D eigenvalue weighted by molar-refractivity contribution is 0.331. The maximum Gasteiger partial charge on any atom is 0.228 e. The van der Waals surface area contributed by atoms with E-state index in [2.05, 4.69) is 51.6 Å². The molecule has 3 rings (SSSR count). The highest BCUT2D eigenvalue weighted by atomic mass is 79.9. The average molecular weight is 414 g/mol. The number of pyridine rings is 2. The van der Waals surface area contributed by atoms with Gasteiger partial charge in [0.05, 0.1) is 12.8 Å². The predicted octanol–water partition coefficient (Wildman–Crippen LogP) is 4.06. The zero-order valence-corrected chi connectivity index (χ0v) is 15.5. The number of nitrogens with zero attached hydrogens (tertiary/aromatic N) is 4. The van der Waals surface area contributed by atoms with Gasteiger partial charge in [0.15, 0.2) is 5.82 Å². The van der Waals surface area contributed by atoms with E-state index in [0.717, 1.165) is 10.3 Å². The lowest BCUT2D eigenvalue weighted by Gasteiger charge is -2.11. The molecule has 0 saturated heterocycles. The summed E-state index contributed by atoms with van der Waals surface area (Å²) in [6, 6.07) is 8.97. The number of anilines is 3. The quantitative estimate of drug-likeness (QED) is 0.307. The van der Waals surface area contributed by atoms with Gasteiger partial charge in [-0.3, -0.25) is 5.10 Å². The summed E-state index contributed by atoms with van der Waals surface area (Å²) in [5.41, 5.74) is 1.39. The summed E-state index contributed by atoms with van der Waals surface area (Å²) in [5.74, 6) is 2.44. The molecular weight excluding hydrogens is 398 g/mol. The summed E-state index contributed by atoms with van der Waals surface area (Å²) in [4.78, 5) is 12.0. The van der Waals surface area contributed by atoms with Crippen molar-refractivity contribution < 1.29 is 4.74 Å². The third-order valence-corrected chi connectivity index (χ3v) is 3.79. The number of hydrogen-bond donors (Lipinski definition) is 3. The van der Waals surface area contributed by atoms with Gasteiger partial charge in [0.1, 0.15) is 28.6 Å². The van der Waals surface area contributed by atoms with E-state index < -0.39 is 0 Å². The van der Waals surface area contributed by atoms with Gasteiger partial charge in [-0.2, -0.15) is 5.10 Å². The van der Waals surface area contributed by atoms with Crippen LogP contribution in [-0.4, -0.2) is 33.3 Å². The molecule has 0 bridgehead atoms. The fourth-order valence-corrected chi connectivity index (χ4v) is 2.38. The van der Waals surface area contributed by atoms with E-state index in [0.29, 0.717) is 42.0 Å². The summed E-state index contributed by atoms with van der Waals surface area (Å²) in [5, 5.41) is 13.2. The highest BCUT2D eigenvalue weighted by Crippen LogP contribution is 2.26. The molecule has 0 atom stereocenters. The van der Waals surface area contributed by atoms with Crippen molar-refractivity contribution in [2.75, 3.05) is 23.8 Å². The number of aryl methyl sites for hydroxylation is 1. The van der Waals surface area contributed by atoms with E-state index >= 15 is 0 Å². The van der Waals surface area contributed by atoms with E-state index in [4.69, 9.17) is 11.3 Å². The first-order valence-corrected chi connectivity index (χ1v) is 8.59. The molecule has 26 heavy (non-hydrogen) atoms. The lowest BCUT2D eigenvalue weighted by atomic mass is 10.3. The highest BCUT2D eigenvalue weighted by molar-refractivity contribution is 9.10. The molecule has 0 aromatic carbocycles. The van der Waals surface area contributed by atoms with Gasteiger partial charge in [0.25, 0.3) is 0 Å². The summed E-state index contributed by atoms with van der Waals surface area (Å²) in [6.07, 6.45) is 1.64. The maximum atomic E-state index is 7.28. The van der Waals surface area contributed by atoms with Crippen LogP contribution in [0.25, 0.3) is 4.85 Å². The van der Waals surface area contributed by atoms with Crippen LogP contribution in [-0.2, 0) is 0 Å². The second-order valence-corrected chi connectivity index (χ2v) is 6.14. The third-order valence-electron chi connectivity index (χ3n) is 3.32. The molecule has 0 aliphatic rings. The Hall–Kier alpha value is -3.12. The number of hydrogen-bond acceptors (Lipinski definition) is 6. The first kappa shape index (κ1) is 17.7. The molecule has 9 heteroatoms. The van der Waals surface area contributed by atoms with E-state index in [9.17, 15) is 0 Å². The van der Waals surface area contributed by atoms with Gasteiger partial charge >= 0.3 is 0 Å². The molecule has 0 saturated carbocycles. The van der Waals surface area contributed by atoms with Crippen LogP contribution in [0.1, 0.15) is 5.69 Å². The average Bonchev–Trinajstić information content (AvgIpc) is 3.05. The van der Waals surface area contributed by atoms with Crippen LogP contribution in [0.4, 0.5) is 23.1 Å². The second-order valence-electron chi connectivity index (χ2n) is 5.33. The molecule has 0 aliphatic heterocycles. The molecule has 3 aromatic heterocycles. The summed E-state index contributed by atoms with van der Waals surface area (Å²) >= 11 is 3.28. The monoisotopic (exact) mass is 413 g/mol. The molecule has 3 N–H and O–H groups in total. The Balaban J connectivity index is 1.59. The molecule has 0 aliphatic carbocycles. The van der Waals surface area contributed by atoms with Crippen molar-refractivity contribution >= 4 is 39.1 Å². The number of rotatable bonds is 7. The molecule has 132 valence electrons. The van der Waals surface area contributed by atoms with Crippen molar-refractivity contribution in [1.82, 2.24) is 20.2 Å². The van der Waals surface area contributed by atoms with Gasteiger partial charge in [-0.15, -0.1) is 0 Å². The SMILES string of the molecule is [C-]#[N+]c1ccc(Nc2cc(C)[nH]n2)nc1NCCOc1ccc(Br)nc1. The smallest absolute Gasteiger partial charge is 0.228 e. The van der Waals surface area contributed by atoms with Crippen molar-refractivity contribution in [3.05, 3.63) is 58.2 Å². The Morgan fingerprint density at radius 1 is 1.27 bits per heavy atom. The van der Waals surface area contributed by atoms with Crippen molar-refractivity contribution in [2.45, 2.75) is 6.92 Å². The largest absolute Gasteiger partial charge is 0.490 e. The topological polar surface area (TPSA) is 92.1 Å². The van der Waals surface area contributed by atoms with Crippen LogP contribution in [0, 0.1) is 13.5 Å². The minimum absolute atomic E-state index is 0.415. The van der Waals surface area contributed by atoms with Crippen LogP contribution in [0.5, 0.6) is 5.75 Å². The molecular formula is C17H16BrN7O. The Morgan fingerprint density at radius 3 is 2.85 bits per heavy atom. The number of aromatic amines is 1. The van der Waals surface area contributed by atoms with Crippen molar-refractivity contribution in [1.29, 1.82) is 0 Å². The molecule has 0 unspecified atom stereocenters. The van der Waals surface area contributed by atoms with Gasteiger partial charge in [-0.25, -0.2) is 14.8 Å². The zero-order chi connectivity index (χ0) is 18.4. The van der Waals surface area contributed by atoms with Crippen molar-refractivity contribution in [3.8, 4) is 5.75 Å². The van der Waals surface area contributed by atoms with Gasteiger partial charge in [0.2, 0.25) is 5.69 Å². The highest BCUT2D eigenvalue weighted by Gasteiger charge is 2.07. The number of halogens is 1.